The summed E-state index contributed by atoms with van der Waals surface area (Å²) in [4.78, 5) is 17.9. The fraction of sp³-hybridized carbons (Fsp3) is 0.387. The maximum atomic E-state index is 16.6. The number of phenolic OH excluding ortho intramolecular Hbond substituents is 1. The molecule has 7 nitrogen and oxygen atoms in total. The van der Waals surface area contributed by atoms with E-state index in [1.54, 1.807) is 6.92 Å². The first kappa shape index (κ1) is 25.8. The van der Waals surface area contributed by atoms with Crippen molar-refractivity contribution in [2.75, 3.05) is 37.7 Å². The number of benzene rings is 2. The van der Waals surface area contributed by atoms with Crippen LogP contribution in [0.1, 0.15) is 36.9 Å². The van der Waals surface area contributed by atoms with Gasteiger partial charge < -0.3 is 14.7 Å². The molecule has 2 aromatic heterocycles. The van der Waals surface area contributed by atoms with Gasteiger partial charge in [0.05, 0.1) is 22.2 Å². The smallest absolute Gasteiger partial charge is 0.319 e. The normalized spacial score (nSPS) is 22.2. The molecule has 1 N–H and O–H groups in total. The summed E-state index contributed by atoms with van der Waals surface area (Å²) in [5.74, 6) is 1.35. The number of aromatic nitrogens is 3. The van der Waals surface area contributed by atoms with E-state index in [0.29, 0.717) is 35.2 Å². The van der Waals surface area contributed by atoms with E-state index in [1.807, 2.05) is 4.90 Å². The van der Waals surface area contributed by atoms with Crippen molar-refractivity contribution >= 4 is 27.5 Å². The Morgan fingerprint density at radius 1 is 1.12 bits per heavy atom. The number of hydrogen-bond donors (Lipinski definition) is 1. The number of phenols is 1. The predicted molar refractivity (Wildman–Crippen MR) is 150 cm³/mol. The number of pyridine rings is 1. The van der Waals surface area contributed by atoms with Crippen molar-refractivity contribution in [3.63, 3.8) is 0 Å². The highest BCUT2D eigenvalue weighted by Gasteiger charge is 2.49. The van der Waals surface area contributed by atoms with Crippen molar-refractivity contribution < 1.29 is 23.0 Å². The van der Waals surface area contributed by atoms with E-state index in [4.69, 9.17) is 11.2 Å². The number of nitrogens with zero attached hydrogens (tertiary/aromatic N) is 5. The van der Waals surface area contributed by atoms with E-state index in [-0.39, 0.29) is 46.1 Å². The number of anilines is 1. The lowest BCUT2D eigenvalue weighted by atomic mass is 9.95. The van der Waals surface area contributed by atoms with Gasteiger partial charge in [-0.05, 0) is 56.3 Å². The maximum absolute atomic E-state index is 16.6. The topological polar surface area (TPSA) is 74.6 Å². The first-order chi connectivity index (χ1) is 19.8. The molecule has 3 saturated heterocycles. The minimum absolute atomic E-state index is 0.00474. The Morgan fingerprint density at radius 2 is 1.95 bits per heavy atom. The average molecular weight is 560 g/mol. The number of ether oxygens (including phenoxy) is 1. The number of aryl methyl sites for hydroxylation is 1. The number of halogens is 3. The van der Waals surface area contributed by atoms with Gasteiger partial charge in [-0.3, -0.25) is 4.90 Å². The first-order valence-electron chi connectivity index (χ1n) is 13.8. The SMILES string of the molecule is C#Cc1c(F)ccc2cc(O)cc(-c3nc(C)c4c(N5CCC5)nc(OC[C@@]56CCCN5C[C@H](F)C6)nc4c3F)c12. The van der Waals surface area contributed by atoms with Crippen LogP contribution in [0.15, 0.2) is 24.3 Å². The number of rotatable bonds is 5. The number of aromatic hydroxyl groups is 1. The summed E-state index contributed by atoms with van der Waals surface area (Å²) in [6.45, 7) is 4.65. The zero-order chi connectivity index (χ0) is 28.5. The van der Waals surface area contributed by atoms with Crippen LogP contribution in [0.2, 0.25) is 0 Å². The molecule has 210 valence electrons. The molecule has 5 heterocycles. The minimum Gasteiger partial charge on any atom is -0.508 e. The summed E-state index contributed by atoms with van der Waals surface area (Å²) in [6, 6.07) is 5.47. The molecule has 0 radical (unpaired) electrons. The fourth-order valence-corrected chi connectivity index (χ4v) is 6.71. The molecule has 2 atom stereocenters. The highest BCUT2D eigenvalue weighted by molar-refractivity contribution is 6.03. The molecular formula is C31H28F3N5O2. The molecule has 7 rings (SSSR count). The molecule has 2 aromatic carbocycles. The molecular weight excluding hydrogens is 531 g/mol. The number of hydrogen-bond acceptors (Lipinski definition) is 7. The van der Waals surface area contributed by atoms with Crippen LogP contribution in [-0.2, 0) is 0 Å². The third-order valence-corrected chi connectivity index (χ3v) is 8.76. The third-order valence-electron chi connectivity index (χ3n) is 8.76. The Hall–Kier alpha value is -4.10. The highest BCUT2D eigenvalue weighted by Crippen LogP contribution is 2.42. The van der Waals surface area contributed by atoms with E-state index in [0.717, 1.165) is 38.9 Å². The number of terminal acetylenes is 1. The quantitative estimate of drug-likeness (QED) is 0.334. The van der Waals surface area contributed by atoms with E-state index in [9.17, 15) is 13.9 Å². The van der Waals surface area contributed by atoms with Crippen LogP contribution in [0.3, 0.4) is 0 Å². The zero-order valence-electron chi connectivity index (χ0n) is 22.6. The van der Waals surface area contributed by atoms with Crippen LogP contribution in [0.4, 0.5) is 19.0 Å². The van der Waals surface area contributed by atoms with Crippen molar-refractivity contribution in [2.45, 2.75) is 44.3 Å². The van der Waals surface area contributed by atoms with Crippen molar-refractivity contribution in [2.24, 2.45) is 0 Å². The van der Waals surface area contributed by atoms with Crippen LogP contribution < -0.4 is 9.64 Å². The molecule has 0 amide bonds. The predicted octanol–water partition coefficient (Wildman–Crippen LogP) is 5.28. The van der Waals surface area contributed by atoms with Gasteiger partial charge in [0.1, 0.15) is 41.4 Å². The molecule has 3 aliphatic rings. The molecule has 0 saturated carbocycles. The van der Waals surface area contributed by atoms with Crippen molar-refractivity contribution in [3.05, 3.63) is 47.2 Å². The minimum atomic E-state index is -0.906. The summed E-state index contributed by atoms with van der Waals surface area (Å²) in [6.07, 6.45) is 7.89. The molecule has 41 heavy (non-hydrogen) atoms. The first-order valence-corrected chi connectivity index (χ1v) is 13.8. The highest BCUT2D eigenvalue weighted by atomic mass is 19.1. The van der Waals surface area contributed by atoms with Gasteiger partial charge in [-0.25, -0.2) is 18.2 Å². The van der Waals surface area contributed by atoms with Crippen LogP contribution in [0, 0.1) is 30.9 Å². The molecule has 3 aliphatic heterocycles. The Balaban J connectivity index is 1.40. The molecule has 3 fully saturated rings. The van der Waals surface area contributed by atoms with Gasteiger partial charge in [-0.1, -0.05) is 12.0 Å². The third kappa shape index (κ3) is 4.05. The molecule has 0 aliphatic carbocycles. The van der Waals surface area contributed by atoms with E-state index < -0.39 is 23.3 Å². The maximum Gasteiger partial charge on any atom is 0.319 e. The van der Waals surface area contributed by atoms with E-state index in [2.05, 4.69) is 25.8 Å². The molecule has 0 unspecified atom stereocenters. The molecule has 10 heteroatoms. The Morgan fingerprint density at radius 3 is 2.71 bits per heavy atom. The fourth-order valence-electron chi connectivity index (χ4n) is 6.71. The Labute approximate surface area is 235 Å². The lowest BCUT2D eigenvalue weighted by molar-refractivity contribution is 0.107. The van der Waals surface area contributed by atoms with Gasteiger partial charge in [-0.15, -0.1) is 6.42 Å². The lowest BCUT2D eigenvalue weighted by Gasteiger charge is -2.34. The second-order valence-corrected chi connectivity index (χ2v) is 11.3. The molecule has 0 spiro atoms. The largest absolute Gasteiger partial charge is 0.508 e. The van der Waals surface area contributed by atoms with Gasteiger partial charge >= 0.3 is 6.01 Å². The molecule has 0 bridgehead atoms. The molecule has 4 aromatic rings. The Bertz CT molecular complexity index is 1770. The van der Waals surface area contributed by atoms with Gasteiger partial charge in [0, 0.05) is 37.0 Å². The Kier molecular flexibility index (Phi) is 5.98. The summed E-state index contributed by atoms with van der Waals surface area (Å²) >= 11 is 0. The van der Waals surface area contributed by atoms with E-state index >= 15 is 4.39 Å². The second-order valence-electron chi connectivity index (χ2n) is 11.3. The van der Waals surface area contributed by atoms with Gasteiger partial charge in [0.2, 0.25) is 0 Å². The van der Waals surface area contributed by atoms with E-state index in [1.165, 1.54) is 24.3 Å². The summed E-state index contributed by atoms with van der Waals surface area (Å²) in [7, 11) is 0. The van der Waals surface area contributed by atoms with Crippen LogP contribution in [0.25, 0.3) is 32.9 Å². The van der Waals surface area contributed by atoms with Gasteiger partial charge in [-0.2, -0.15) is 9.97 Å². The van der Waals surface area contributed by atoms with Gasteiger partial charge in [0.25, 0.3) is 0 Å². The standard InChI is InChI=1S/C31H28F3N5O2/c1-3-21-23(33)7-6-18-12-20(40)13-22(25(18)21)27-26(34)28-24(17(2)35-27)29(38-9-5-10-38)37-30(36-28)41-16-31-8-4-11-39(31)15-19(32)14-31/h1,6-7,12-13,19,40H,4-5,8-11,14-16H2,2H3/t19-,31+/m1/s1. The monoisotopic (exact) mass is 559 g/mol. The summed E-state index contributed by atoms with van der Waals surface area (Å²) < 4.78 is 51.8. The van der Waals surface area contributed by atoms with Crippen LogP contribution in [-0.4, -0.2) is 69.5 Å². The summed E-state index contributed by atoms with van der Waals surface area (Å²) in [5.41, 5.74) is 0.0490. The van der Waals surface area contributed by atoms with Crippen molar-refractivity contribution in [1.82, 2.24) is 19.9 Å². The van der Waals surface area contributed by atoms with Crippen LogP contribution >= 0.6 is 0 Å². The van der Waals surface area contributed by atoms with Crippen LogP contribution in [0.5, 0.6) is 11.8 Å². The average Bonchev–Trinajstić information content (AvgIpc) is 3.43. The lowest BCUT2D eigenvalue weighted by Crippen LogP contribution is -2.43. The summed E-state index contributed by atoms with van der Waals surface area (Å²) in [5, 5.41) is 11.6. The van der Waals surface area contributed by atoms with Gasteiger partial charge in [0.15, 0.2) is 5.82 Å². The number of fused-ring (bicyclic) bond motifs is 3. The van der Waals surface area contributed by atoms with Crippen molar-refractivity contribution in [3.8, 4) is 35.4 Å². The number of alkyl halides is 1. The second kappa shape index (κ2) is 9.48. The zero-order valence-corrected chi connectivity index (χ0v) is 22.6. The van der Waals surface area contributed by atoms with Crippen molar-refractivity contribution in [1.29, 1.82) is 0 Å².